The molecule has 0 aliphatic rings. The first-order valence-electron chi connectivity index (χ1n) is 6.37. The molecule has 0 aromatic heterocycles. The Kier molecular flexibility index (Phi) is 6.32. The number of carbonyl (C=O) groups excluding carboxylic acids is 1. The molecule has 1 rings (SSSR count). The lowest BCUT2D eigenvalue weighted by atomic mass is 10.1. The Morgan fingerprint density at radius 2 is 2.21 bits per heavy atom. The molecule has 106 valence electrons. The monoisotopic (exact) mass is 265 g/mol. The van der Waals surface area contributed by atoms with E-state index in [1.54, 1.807) is 7.11 Å². The molecule has 0 saturated carbocycles. The predicted octanol–water partition coefficient (Wildman–Crippen LogP) is 1.48. The number of ether oxygens (including phenoxy) is 1. The first-order chi connectivity index (χ1) is 9.04. The zero-order valence-corrected chi connectivity index (χ0v) is 11.9. The number of amides is 1. The number of nitrogens with zero attached hydrogens (tertiary/aromatic N) is 1. The van der Waals surface area contributed by atoms with Gasteiger partial charge in [-0.15, -0.1) is 0 Å². The first kappa shape index (κ1) is 15.5. The maximum Gasteiger partial charge on any atom is 0.238 e. The highest BCUT2D eigenvalue weighted by molar-refractivity contribution is 5.93. The fourth-order valence-corrected chi connectivity index (χ4v) is 1.78. The molecular formula is C14H23N3O2. The van der Waals surface area contributed by atoms with Gasteiger partial charge in [-0.3, -0.25) is 9.69 Å². The van der Waals surface area contributed by atoms with Gasteiger partial charge in [-0.25, -0.2) is 0 Å². The lowest BCUT2D eigenvalue weighted by molar-refractivity contribution is -0.117. The fraction of sp³-hybridized carbons (Fsp3) is 0.500. The summed E-state index contributed by atoms with van der Waals surface area (Å²) in [5.74, 6) is -0.0337. The molecular weight excluding hydrogens is 242 g/mol. The SMILES string of the molecule is COCCCN(C)CC(=O)Nc1cccc(N)c1C. The molecule has 3 N–H and O–H groups in total. The van der Waals surface area contributed by atoms with Crippen LogP contribution in [0.5, 0.6) is 0 Å². The highest BCUT2D eigenvalue weighted by Gasteiger charge is 2.08. The molecule has 1 aromatic carbocycles. The van der Waals surface area contributed by atoms with Crippen molar-refractivity contribution in [3.05, 3.63) is 23.8 Å². The summed E-state index contributed by atoms with van der Waals surface area (Å²) in [6.45, 7) is 3.79. The number of hydrogen-bond donors (Lipinski definition) is 2. The lowest BCUT2D eigenvalue weighted by Gasteiger charge is -2.16. The van der Waals surface area contributed by atoms with Crippen molar-refractivity contribution >= 4 is 17.3 Å². The molecule has 19 heavy (non-hydrogen) atoms. The highest BCUT2D eigenvalue weighted by Crippen LogP contribution is 2.20. The van der Waals surface area contributed by atoms with Gasteiger partial charge in [0.25, 0.3) is 0 Å². The van der Waals surface area contributed by atoms with E-state index in [9.17, 15) is 4.79 Å². The maximum atomic E-state index is 11.9. The van der Waals surface area contributed by atoms with Crippen molar-refractivity contribution in [1.29, 1.82) is 0 Å². The minimum atomic E-state index is -0.0337. The molecule has 0 unspecified atom stereocenters. The molecule has 0 heterocycles. The molecule has 0 aliphatic heterocycles. The largest absolute Gasteiger partial charge is 0.398 e. The summed E-state index contributed by atoms with van der Waals surface area (Å²) < 4.78 is 4.98. The van der Waals surface area contributed by atoms with Crippen LogP contribution in [0, 0.1) is 6.92 Å². The van der Waals surface area contributed by atoms with Crippen LogP contribution in [-0.2, 0) is 9.53 Å². The third-order valence-electron chi connectivity index (χ3n) is 2.95. The van der Waals surface area contributed by atoms with Crippen LogP contribution in [0.4, 0.5) is 11.4 Å². The van der Waals surface area contributed by atoms with Gasteiger partial charge >= 0.3 is 0 Å². The van der Waals surface area contributed by atoms with Gasteiger partial charge in [0.05, 0.1) is 6.54 Å². The molecule has 5 heteroatoms. The second kappa shape index (κ2) is 7.76. The van der Waals surface area contributed by atoms with Crippen LogP contribution in [0.3, 0.4) is 0 Å². The number of benzene rings is 1. The second-order valence-corrected chi connectivity index (χ2v) is 4.65. The number of anilines is 2. The molecule has 1 aromatic rings. The molecule has 5 nitrogen and oxygen atoms in total. The van der Waals surface area contributed by atoms with Crippen molar-refractivity contribution in [2.24, 2.45) is 0 Å². The number of carbonyl (C=O) groups is 1. The zero-order valence-electron chi connectivity index (χ0n) is 11.9. The second-order valence-electron chi connectivity index (χ2n) is 4.65. The first-order valence-corrected chi connectivity index (χ1v) is 6.37. The number of rotatable bonds is 7. The predicted molar refractivity (Wildman–Crippen MR) is 78.2 cm³/mol. The van der Waals surface area contributed by atoms with Crippen LogP contribution < -0.4 is 11.1 Å². The third kappa shape index (κ3) is 5.28. The molecule has 0 atom stereocenters. The average Bonchev–Trinajstić information content (AvgIpc) is 2.35. The zero-order chi connectivity index (χ0) is 14.3. The Labute approximate surface area is 114 Å². The Morgan fingerprint density at radius 3 is 2.89 bits per heavy atom. The number of nitrogens with two attached hydrogens (primary N) is 1. The molecule has 0 aliphatic carbocycles. The van der Waals surface area contributed by atoms with E-state index in [2.05, 4.69) is 5.32 Å². The summed E-state index contributed by atoms with van der Waals surface area (Å²) in [5, 5.41) is 2.88. The average molecular weight is 265 g/mol. The van der Waals surface area contributed by atoms with Crippen molar-refractivity contribution in [3.63, 3.8) is 0 Å². The van der Waals surface area contributed by atoms with E-state index in [1.165, 1.54) is 0 Å². The van der Waals surface area contributed by atoms with Gasteiger partial charge in [0.15, 0.2) is 0 Å². The molecule has 0 saturated heterocycles. The topological polar surface area (TPSA) is 67.6 Å². The molecule has 0 bridgehead atoms. The van der Waals surface area contributed by atoms with E-state index in [0.29, 0.717) is 18.8 Å². The van der Waals surface area contributed by atoms with E-state index in [0.717, 1.165) is 24.2 Å². The van der Waals surface area contributed by atoms with E-state index >= 15 is 0 Å². The summed E-state index contributed by atoms with van der Waals surface area (Å²) in [6, 6.07) is 5.51. The molecule has 0 radical (unpaired) electrons. The minimum Gasteiger partial charge on any atom is -0.398 e. The van der Waals surface area contributed by atoms with Gasteiger partial charge in [0, 0.05) is 31.6 Å². The van der Waals surface area contributed by atoms with E-state index in [4.69, 9.17) is 10.5 Å². The normalized spacial score (nSPS) is 10.7. The Balaban J connectivity index is 2.44. The molecule has 0 spiro atoms. The quantitative estimate of drug-likeness (QED) is 0.579. The smallest absolute Gasteiger partial charge is 0.238 e. The summed E-state index contributed by atoms with van der Waals surface area (Å²) in [6.07, 6.45) is 0.914. The molecule has 0 fully saturated rings. The number of methoxy groups -OCH3 is 1. The third-order valence-corrected chi connectivity index (χ3v) is 2.95. The highest BCUT2D eigenvalue weighted by atomic mass is 16.5. The summed E-state index contributed by atoms with van der Waals surface area (Å²) in [5.41, 5.74) is 8.16. The summed E-state index contributed by atoms with van der Waals surface area (Å²) >= 11 is 0. The number of likely N-dealkylation sites (N-methyl/N-ethyl adjacent to an activating group) is 1. The fourth-order valence-electron chi connectivity index (χ4n) is 1.78. The van der Waals surface area contributed by atoms with E-state index in [1.807, 2.05) is 37.1 Å². The van der Waals surface area contributed by atoms with Crippen molar-refractivity contribution in [2.45, 2.75) is 13.3 Å². The van der Waals surface area contributed by atoms with Crippen molar-refractivity contribution in [3.8, 4) is 0 Å². The molecule has 1 amide bonds. The van der Waals surface area contributed by atoms with E-state index in [-0.39, 0.29) is 5.91 Å². The number of hydrogen-bond acceptors (Lipinski definition) is 4. The van der Waals surface area contributed by atoms with Gasteiger partial charge in [-0.1, -0.05) is 6.07 Å². The Bertz CT molecular complexity index is 421. The van der Waals surface area contributed by atoms with Gasteiger partial charge in [-0.05, 0) is 38.1 Å². The summed E-state index contributed by atoms with van der Waals surface area (Å²) in [4.78, 5) is 13.9. The van der Waals surface area contributed by atoms with Crippen LogP contribution in [0.1, 0.15) is 12.0 Å². The minimum absolute atomic E-state index is 0.0337. The van der Waals surface area contributed by atoms with Gasteiger partial charge < -0.3 is 15.8 Å². The van der Waals surface area contributed by atoms with Gasteiger partial charge in [0.2, 0.25) is 5.91 Å². The van der Waals surface area contributed by atoms with Gasteiger partial charge in [0.1, 0.15) is 0 Å². The van der Waals surface area contributed by atoms with Crippen molar-refractivity contribution < 1.29 is 9.53 Å². The number of nitrogens with one attached hydrogen (secondary N) is 1. The van der Waals surface area contributed by atoms with Crippen LogP contribution in [0.2, 0.25) is 0 Å². The van der Waals surface area contributed by atoms with Crippen LogP contribution in [-0.4, -0.2) is 44.7 Å². The Hall–Kier alpha value is -1.59. The summed E-state index contributed by atoms with van der Waals surface area (Å²) in [7, 11) is 3.59. The van der Waals surface area contributed by atoms with Gasteiger partial charge in [-0.2, -0.15) is 0 Å². The lowest BCUT2D eigenvalue weighted by Crippen LogP contribution is -2.31. The van der Waals surface area contributed by atoms with Crippen LogP contribution >= 0.6 is 0 Å². The maximum absolute atomic E-state index is 11.9. The van der Waals surface area contributed by atoms with E-state index < -0.39 is 0 Å². The van der Waals surface area contributed by atoms with Crippen molar-refractivity contribution in [2.75, 3.05) is 44.9 Å². The number of nitrogen functional groups attached to an aromatic ring is 1. The van der Waals surface area contributed by atoms with Crippen LogP contribution in [0.15, 0.2) is 18.2 Å². The van der Waals surface area contributed by atoms with Crippen molar-refractivity contribution in [1.82, 2.24) is 4.90 Å². The Morgan fingerprint density at radius 1 is 1.47 bits per heavy atom. The van der Waals surface area contributed by atoms with Crippen LogP contribution in [0.25, 0.3) is 0 Å². The standard InChI is InChI=1S/C14H23N3O2/c1-11-12(15)6-4-7-13(11)16-14(18)10-17(2)8-5-9-19-3/h4,6-7H,5,8-10,15H2,1-3H3,(H,16,18).